The zero-order valence-electron chi connectivity index (χ0n) is 25.5. The van der Waals surface area contributed by atoms with E-state index in [4.69, 9.17) is 0 Å². The van der Waals surface area contributed by atoms with Gasteiger partial charge in [0.25, 0.3) is 5.91 Å². The first-order valence-electron chi connectivity index (χ1n) is 14.5. The minimum absolute atomic E-state index is 0.0570. The lowest BCUT2D eigenvalue weighted by molar-refractivity contribution is 0.0731. The van der Waals surface area contributed by atoms with Crippen LogP contribution in [0.25, 0.3) is 16.9 Å². The third-order valence-electron chi connectivity index (χ3n) is 7.57. The van der Waals surface area contributed by atoms with Crippen molar-refractivity contribution in [1.29, 1.82) is 0 Å². The van der Waals surface area contributed by atoms with Gasteiger partial charge in [-0.1, -0.05) is 43.7 Å². The molecule has 2 aromatic carbocycles. The molecule has 1 aliphatic rings. The van der Waals surface area contributed by atoms with Crippen molar-refractivity contribution in [3.8, 4) is 11.3 Å². The topological polar surface area (TPSA) is 65.8 Å². The summed E-state index contributed by atoms with van der Waals surface area (Å²) < 4.78 is 22.7. The standard InChI is InChI=1S/C31H38N6O.C2H4F2/c1-22-7-9-24(10-8-22)27-20-33-29-28(32-14-16-37(27)29)34-25-11-12-26(23(2)19-25)30(38)35(5)17-18-36-15-6-13-31(3,4)21-36;1-2(3)4/h7-12,14,16,19-20H,6,13,15,17-18,21H2,1-5H3,(H,32,34);2H,1H3. The van der Waals surface area contributed by atoms with Crippen LogP contribution in [0.3, 0.4) is 0 Å². The molecule has 5 rings (SSSR count). The average molecular weight is 577 g/mol. The number of imidazole rings is 1. The maximum Gasteiger partial charge on any atom is 0.253 e. The molecule has 3 heterocycles. The number of rotatable bonds is 7. The Bertz CT molecular complexity index is 1500. The molecule has 42 heavy (non-hydrogen) atoms. The van der Waals surface area contributed by atoms with Gasteiger partial charge in [-0.2, -0.15) is 0 Å². The van der Waals surface area contributed by atoms with Gasteiger partial charge in [-0.25, -0.2) is 18.7 Å². The second-order valence-corrected chi connectivity index (χ2v) is 11.9. The monoisotopic (exact) mass is 576 g/mol. The minimum Gasteiger partial charge on any atom is -0.340 e. The summed E-state index contributed by atoms with van der Waals surface area (Å²) in [6.07, 6.45) is 5.91. The van der Waals surface area contributed by atoms with Gasteiger partial charge in [-0.3, -0.25) is 9.20 Å². The van der Waals surface area contributed by atoms with Crippen LogP contribution in [0.15, 0.2) is 61.1 Å². The van der Waals surface area contributed by atoms with E-state index in [9.17, 15) is 13.6 Å². The quantitative estimate of drug-likeness (QED) is 0.252. The normalized spacial score (nSPS) is 14.9. The van der Waals surface area contributed by atoms with E-state index in [-0.39, 0.29) is 5.91 Å². The van der Waals surface area contributed by atoms with Crippen molar-refractivity contribution in [2.24, 2.45) is 5.41 Å². The van der Waals surface area contributed by atoms with Crippen molar-refractivity contribution < 1.29 is 13.6 Å². The number of piperidine rings is 1. The van der Waals surface area contributed by atoms with Gasteiger partial charge in [0.15, 0.2) is 11.5 Å². The summed E-state index contributed by atoms with van der Waals surface area (Å²) in [6, 6.07) is 14.3. The molecular formula is C33H42F2N6O. The van der Waals surface area contributed by atoms with E-state index in [2.05, 4.69) is 65.2 Å². The van der Waals surface area contributed by atoms with Crippen molar-refractivity contribution in [2.45, 2.75) is 53.9 Å². The Kier molecular flexibility index (Phi) is 9.93. The molecule has 4 aromatic rings. The number of carbonyl (C=O) groups is 1. The Labute approximate surface area is 247 Å². The number of nitrogens with zero attached hydrogens (tertiary/aromatic N) is 5. The first-order valence-corrected chi connectivity index (χ1v) is 14.5. The fraction of sp³-hybridized carbons (Fsp3) is 0.424. The number of amides is 1. The van der Waals surface area contributed by atoms with Crippen molar-refractivity contribution in [1.82, 2.24) is 24.2 Å². The lowest BCUT2D eigenvalue weighted by atomic mass is 9.84. The number of hydrogen-bond donors (Lipinski definition) is 1. The fourth-order valence-electron chi connectivity index (χ4n) is 5.40. The molecule has 9 heteroatoms. The Morgan fingerprint density at radius 2 is 1.83 bits per heavy atom. The fourth-order valence-corrected chi connectivity index (χ4v) is 5.40. The van der Waals surface area contributed by atoms with Crippen LogP contribution >= 0.6 is 0 Å². The number of fused-ring (bicyclic) bond motifs is 1. The number of likely N-dealkylation sites (tertiary alicyclic amines) is 1. The summed E-state index contributed by atoms with van der Waals surface area (Å²) in [4.78, 5) is 26.7. The van der Waals surface area contributed by atoms with E-state index in [0.29, 0.717) is 11.2 Å². The van der Waals surface area contributed by atoms with Gasteiger partial charge in [0.2, 0.25) is 6.43 Å². The number of aromatic nitrogens is 3. The highest BCUT2D eigenvalue weighted by atomic mass is 19.3. The van der Waals surface area contributed by atoms with Crippen LogP contribution in [0, 0.1) is 19.3 Å². The third kappa shape index (κ3) is 7.91. The molecule has 0 saturated carbocycles. The van der Waals surface area contributed by atoms with Crippen molar-refractivity contribution in [3.63, 3.8) is 0 Å². The smallest absolute Gasteiger partial charge is 0.253 e. The van der Waals surface area contributed by atoms with Gasteiger partial charge < -0.3 is 15.1 Å². The molecule has 1 saturated heterocycles. The largest absolute Gasteiger partial charge is 0.340 e. The van der Waals surface area contributed by atoms with E-state index in [1.807, 2.05) is 53.9 Å². The van der Waals surface area contributed by atoms with Crippen LogP contribution in [-0.2, 0) is 0 Å². The Hall–Kier alpha value is -3.85. The molecule has 2 aromatic heterocycles. The van der Waals surface area contributed by atoms with Gasteiger partial charge in [0, 0.05) is 55.9 Å². The van der Waals surface area contributed by atoms with Gasteiger partial charge in [-0.05, 0) is 69.3 Å². The number of halogens is 2. The van der Waals surface area contributed by atoms with Gasteiger partial charge in [0.1, 0.15) is 0 Å². The second kappa shape index (κ2) is 13.4. The SMILES string of the molecule is CC(F)F.Cc1ccc(-c2cnc3c(Nc4ccc(C(=O)N(C)CCN5CCCC(C)(C)C5)c(C)c4)nccn23)cc1. The molecule has 0 atom stereocenters. The number of aryl methyl sites for hydroxylation is 2. The number of nitrogens with one attached hydrogen (secondary N) is 1. The molecule has 1 fully saturated rings. The van der Waals surface area contributed by atoms with E-state index < -0.39 is 6.43 Å². The van der Waals surface area contributed by atoms with Gasteiger partial charge >= 0.3 is 0 Å². The van der Waals surface area contributed by atoms with Crippen LogP contribution < -0.4 is 5.32 Å². The molecule has 0 unspecified atom stereocenters. The first kappa shape index (κ1) is 31.1. The summed E-state index contributed by atoms with van der Waals surface area (Å²) in [5.41, 5.74) is 6.98. The Balaban J connectivity index is 0.000000952. The molecule has 7 nitrogen and oxygen atoms in total. The van der Waals surface area contributed by atoms with Gasteiger partial charge in [-0.15, -0.1) is 0 Å². The molecule has 0 spiro atoms. The van der Waals surface area contributed by atoms with E-state index in [1.165, 1.54) is 18.4 Å². The maximum atomic E-state index is 13.2. The summed E-state index contributed by atoms with van der Waals surface area (Å²) in [5, 5.41) is 3.41. The highest BCUT2D eigenvalue weighted by Crippen LogP contribution is 2.29. The highest BCUT2D eigenvalue weighted by Gasteiger charge is 2.26. The average Bonchev–Trinajstić information content (AvgIpc) is 3.36. The van der Waals surface area contributed by atoms with Crippen molar-refractivity contribution >= 4 is 23.1 Å². The Morgan fingerprint density at radius 1 is 1.12 bits per heavy atom. The number of benzene rings is 2. The second-order valence-electron chi connectivity index (χ2n) is 11.9. The molecule has 0 radical (unpaired) electrons. The van der Waals surface area contributed by atoms with Crippen LogP contribution in [0.2, 0.25) is 0 Å². The predicted molar refractivity (Wildman–Crippen MR) is 166 cm³/mol. The van der Waals surface area contributed by atoms with Crippen molar-refractivity contribution in [2.75, 3.05) is 38.5 Å². The first-order chi connectivity index (χ1) is 19.9. The highest BCUT2D eigenvalue weighted by molar-refractivity contribution is 5.96. The lowest BCUT2D eigenvalue weighted by Gasteiger charge is -2.38. The van der Waals surface area contributed by atoms with E-state index in [0.717, 1.165) is 66.8 Å². The van der Waals surface area contributed by atoms with Crippen LogP contribution in [-0.4, -0.2) is 69.7 Å². The van der Waals surface area contributed by atoms with Crippen molar-refractivity contribution in [3.05, 3.63) is 77.7 Å². The van der Waals surface area contributed by atoms with E-state index >= 15 is 0 Å². The zero-order chi connectivity index (χ0) is 30.4. The number of hydrogen-bond acceptors (Lipinski definition) is 5. The minimum atomic E-state index is -2.17. The number of carbonyl (C=O) groups excluding carboxylic acids is 1. The van der Waals surface area contributed by atoms with E-state index in [1.54, 1.807) is 6.20 Å². The lowest BCUT2D eigenvalue weighted by Crippen LogP contribution is -2.44. The summed E-state index contributed by atoms with van der Waals surface area (Å²) in [5.74, 6) is 0.729. The number of anilines is 2. The molecule has 1 amide bonds. The number of likely N-dealkylation sites (N-methyl/N-ethyl adjacent to an activating group) is 1. The van der Waals surface area contributed by atoms with Gasteiger partial charge in [0.05, 0.1) is 11.9 Å². The zero-order valence-corrected chi connectivity index (χ0v) is 25.5. The molecule has 1 aliphatic heterocycles. The maximum absolute atomic E-state index is 13.2. The Morgan fingerprint density at radius 3 is 2.50 bits per heavy atom. The third-order valence-corrected chi connectivity index (χ3v) is 7.57. The predicted octanol–water partition coefficient (Wildman–Crippen LogP) is 7.22. The summed E-state index contributed by atoms with van der Waals surface area (Å²) >= 11 is 0. The van der Waals surface area contributed by atoms with Crippen LogP contribution in [0.1, 0.15) is 55.1 Å². The molecular weight excluding hydrogens is 534 g/mol. The van der Waals surface area contributed by atoms with Crippen LogP contribution in [0.4, 0.5) is 20.3 Å². The molecule has 0 aliphatic carbocycles. The van der Waals surface area contributed by atoms with Crippen LogP contribution in [0.5, 0.6) is 0 Å². The molecule has 224 valence electrons. The molecule has 0 bridgehead atoms. The summed E-state index contributed by atoms with van der Waals surface area (Å²) in [7, 11) is 1.90. The number of alkyl halides is 2. The summed E-state index contributed by atoms with van der Waals surface area (Å²) in [6.45, 7) is 13.4. The molecule has 1 N–H and O–H groups in total.